The summed E-state index contributed by atoms with van der Waals surface area (Å²) in [5.41, 5.74) is 2.34. The Morgan fingerprint density at radius 2 is 2.04 bits per heavy atom. The Hall–Kier alpha value is -3.29. The predicted molar refractivity (Wildman–Crippen MR) is 92.7 cm³/mol. The van der Waals surface area contributed by atoms with Crippen molar-refractivity contribution >= 4 is 11.7 Å². The molecule has 0 unspecified atom stereocenters. The lowest BCUT2D eigenvalue weighted by atomic mass is 10.1. The van der Waals surface area contributed by atoms with Crippen molar-refractivity contribution in [2.24, 2.45) is 0 Å². The van der Waals surface area contributed by atoms with Gasteiger partial charge in [0.25, 0.3) is 5.91 Å². The van der Waals surface area contributed by atoms with Gasteiger partial charge in [-0.15, -0.1) is 0 Å². The first-order valence-electron chi connectivity index (χ1n) is 8.29. The third kappa shape index (κ3) is 3.39. The summed E-state index contributed by atoms with van der Waals surface area (Å²) in [6, 6.07) is 7.61. The van der Waals surface area contributed by atoms with Gasteiger partial charge in [-0.05, 0) is 30.3 Å². The van der Waals surface area contributed by atoms with Gasteiger partial charge in [-0.1, -0.05) is 0 Å². The lowest BCUT2D eigenvalue weighted by molar-refractivity contribution is 0.0706. The molecule has 3 aromatic rings. The summed E-state index contributed by atoms with van der Waals surface area (Å²) >= 11 is 0. The van der Waals surface area contributed by atoms with E-state index < -0.39 is 0 Å². The molecule has 0 radical (unpaired) electrons. The predicted octanol–water partition coefficient (Wildman–Crippen LogP) is 2.08. The second kappa shape index (κ2) is 6.91. The van der Waals surface area contributed by atoms with Crippen LogP contribution in [0.25, 0.3) is 0 Å². The molecule has 1 aromatic carbocycles. The fraction of sp³-hybridized carbons (Fsp3) is 0.222. The average molecular weight is 352 g/mol. The number of benzene rings is 1. The topological polar surface area (TPSA) is 75.9 Å². The quantitative estimate of drug-likeness (QED) is 0.778. The highest BCUT2D eigenvalue weighted by Crippen LogP contribution is 2.17. The van der Waals surface area contributed by atoms with E-state index >= 15 is 0 Å². The van der Waals surface area contributed by atoms with Gasteiger partial charge >= 0.3 is 0 Å². The zero-order valence-electron chi connectivity index (χ0n) is 14.0. The Morgan fingerprint density at radius 1 is 1.19 bits per heavy atom. The molecule has 0 fully saturated rings. The zero-order chi connectivity index (χ0) is 17.9. The summed E-state index contributed by atoms with van der Waals surface area (Å²) in [6.45, 7) is 2.22. The smallest absolute Gasteiger partial charge is 0.254 e. The molecule has 132 valence electrons. The van der Waals surface area contributed by atoms with Crippen molar-refractivity contribution in [3.05, 3.63) is 71.7 Å². The van der Waals surface area contributed by atoms with Crippen molar-refractivity contribution < 1.29 is 9.18 Å². The number of nitrogens with one attached hydrogen (secondary N) is 1. The average Bonchev–Trinajstić information content (AvgIpc) is 3.09. The van der Waals surface area contributed by atoms with E-state index in [0.29, 0.717) is 37.6 Å². The minimum atomic E-state index is -0.349. The number of amides is 1. The molecule has 0 aliphatic carbocycles. The second-order valence-electron chi connectivity index (χ2n) is 6.03. The minimum absolute atomic E-state index is 0.100. The van der Waals surface area contributed by atoms with E-state index in [-0.39, 0.29) is 11.7 Å². The van der Waals surface area contributed by atoms with Crippen LogP contribution in [0, 0.1) is 5.82 Å². The Morgan fingerprint density at radius 3 is 2.81 bits per heavy atom. The van der Waals surface area contributed by atoms with Crippen molar-refractivity contribution in [3.63, 3.8) is 0 Å². The van der Waals surface area contributed by atoms with Gasteiger partial charge in [0.05, 0.1) is 37.2 Å². The van der Waals surface area contributed by atoms with Crippen molar-refractivity contribution in [1.82, 2.24) is 24.6 Å². The van der Waals surface area contributed by atoms with Gasteiger partial charge in [0.1, 0.15) is 11.6 Å². The Balaban J connectivity index is 1.43. The Bertz CT molecular complexity index is 909. The number of rotatable bonds is 4. The normalized spacial score (nSPS) is 13.3. The molecule has 1 aliphatic heterocycles. The van der Waals surface area contributed by atoms with Crippen LogP contribution >= 0.6 is 0 Å². The maximum absolute atomic E-state index is 13.0. The lowest BCUT2D eigenvalue weighted by Gasteiger charge is -2.27. The number of halogens is 1. The molecule has 8 heteroatoms. The fourth-order valence-electron chi connectivity index (χ4n) is 2.93. The van der Waals surface area contributed by atoms with E-state index in [1.54, 1.807) is 23.5 Å². The molecular formula is C18H17FN6O. The van der Waals surface area contributed by atoms with Gasteiger partial charge in [0.15, 0.2) is 0 Å². The highest BCUT2D eigenvalue weighted by Gasteiger charge is 2.23. The molecule has 2 aromatic heterocycles. The lowest BCUT2D eigenvalue weighted by Crippen LogP contribution is -2.38. The van der Waals surface area contributed by atoms with E-state index in [1.807, 2.05) is 10.7 Å². The standard InChI is InChI=1S/C18H17FN6O/c19-14-3-1-13(2-4-14)18(26)24-7-8-25-16(12-24)9-15(23-25)10-22-17-11-20-5-6-21-17/h1-6,9,11H,7-8,10,12H2,(H,21,22). The van der Waals surface area contributed by atoms with Crippen LogP contribution in [0.5, 0.6) is 0 Å². The van der Waals surface area contributed by atoms with Gasteiger partial charge in [-0.3, -0.25) is 14.5 Å². The van der Waals surface area contributed by atoms with Gasteiger partial charge < -0.3 is 10.2 Å². The summed E-state index contributed by atoms with van der Waals surface area (Å²) < 4.78 is 15.0. The maximum atomic E-state index is 13.0. The molecule has 1 N–H and O–H groups in total. The minimum Gasteiger partial charge on any atom is -0.363 e. The summed E-state index contributed by atoms with van der Waals surface area (Å²) in [5.74, 6) is 0.238. The molecule has 0 atom stereocenters. The van der Waals surface area contributed by atoms with Crippen LogP contribution < -0.4 is 5.32 Å². The first kappa shape index (κ1) is 16.2. The second-order valence-corrected chi connectivity index (χ2v) is 6.03. The van der Waals surface area contributed by atoms with Gasteiger partial charge in [0, 0.05) is 24.5 Å². The Kier molecular flexibility index (Phi) is 4.30. The van der Waals surface area contributed by atoms with E-state index in [9.17, 15) is 9.18 Å². The van der Waals surface area contributed by atoms with E-state index in [4.69, 9.17) is 0 Å². The SMILES string of the molecule is O=C(c1ccc(F)cc1)N1CCn2nc(CNc3cnccn3)cc2C1. The van der Waals surface area contributed by atoms with Crippen LogP contribution in [-0.2, 0) is 19.6 Å². The molecule has 3 heterocycles. The maximum Gasteiger partial charge on any atom is 0.254 e. The van der Waals surface area contributed by atoms with Crippen LogP contribution in [-0.4, -0.2) is 37.1 Å². The number of hydrogen-bond donors (Lipinski definition) is 1. The largest absolute Gasteiger partial charge is 0.363 e. The van der Waals surface area contributed by atoms with E-state index in [2.05, 4.69) is 20.4 Å². The fourth-order valence-corrected chi connectivity index (χ4v) is 2.93. The molecule has 0 saturated carbocycles. The van der Waals surface area contributed by atoms with E-state index in [1.165, 1.54) is 24.3 Å². The first-order valence-corrected chi connectivity index (χ1v) is 8.29. The molecule has 0 saturated heterocycles. The zero-order valence-corrected chi connectivity index (χ0v) is 14.0. The van der Waals surface area contributed by atoms with Crippen LogP contribution in [0.1, 0.15) is 21.7 Å². The number of carbonyl (C=O) groups excluding carboxylic acids is 1. The van der Waals surface area contributed by atoms with Gasteiger partial charge in [-0.25, -0.2) is 9.37 Å². The molecule has 0 bridgehead atoms. The molecule has 26 heavy (non-hydrogen) atoms. The van der Waals surface area contributed by atoms with Gasteiger partial charge in [-0.2, -0.15) is 5.10 Å². The number of anilines is 1. The van der Waals surface area contributed by atoms with Crippen LogP contribution in [0.2, 0.25) is 0 Å². The summed E-state index contributed by atoms with van der Waals surface area (Å²) in [7, 11) is 0. The first-order chi connectivity index (χ1) is 12.7. The highest BCUT2D eigenvalue weighted by atomic mass is 19.1. The number of fused-ring (bicyclic) bond motifs is 1. The number of aromatic nitrogens is 4. The van der Waals surface area contributed by atoms with Crippen LogP contribution in [0.4, 0.5) is 10.2 Å². The van der Waals surface area contributed by atoms with Crippen LogP contribution in [0.3, 0.4) is 0 Å². The van der Waals surface area contributed by atoms with Crippen molar-refractivity contribution in [2.75, 3.05) is 11.9 Å². The number of carbonyl (C=O) groups is 1. The van der Waals surface area contributed by atoms with E-state index in [0.717, 1.165) is 11.4 Å². The third-order valence-electron chi connectivity index (χ3n) is 4.24. The summed E-state index contributed by atoms with van der Waals surface area (Å²) in [5, 5.41) is 7.73. The van der Waals surface area contributed by atoms with Crippen molar-refractivity contribution in [1.29, 1.82) is 0 Å². The van der Waals surface area contributed by atoms with Crippen molar-refractivity contribution in [3.8, 4) is 0 Å². The molecule has 0 spiro atoms. The summed E-state index contributed by atoms with van der Waals surface area (Å²) in [6.07, 6.45) is 4.89. The molecule has 7 nitrogen and oxygen atoms in total. The van der Waals surface area contributed by atoms with Crippen LogP contribution in [0.15, 0.2) is 48.9 Å². The third-order valence-corrected chi connectivity index (χ3v) is 4.24. The number of hydrogen-bond acceptors (Lipinski definition) is 5. The summed E-state index contributed by atoms with van der Waals surface area (Å²) in [4.78, 5) is 22.5. The van der Waals surface area contributed by atoms with Gasteiger partial charge in [0.2, 0.25) is 0 Å². The highest BCUT2D eigenvalue weighted by molar-refractivity contribution is 5.94. The molecule has 1 aliphatic rings. The molecular weight excluding hydrogens is 335 g/mol. The Labute approximate surface area is 149 Å². The molecule has 4 rings (SSSR count). The molecule has 1 amide bonds. The number of nitrogens with zero attached hydrogens (tertiary/aromatic N) is 5. The van der Waals surface area contributed by atoms with Crippen molar-refractivity contribution in [2.45, 2.75) is 19.6 Å². The monoisotopic (exact) mass is 352 g/mol.